The van der Waals surface area contributed by atoms with Gasteiger partial charge >= 0.3 is 5.97 Å². The number of fused-ring (bicyclic) bond motifs is 2. The minimum absolute atomic E-state index is 0.0102. The molecule has 1 N–H and O–H groups in total. The van der Waals surface area contributed by atoms with Crippen molar-refractivity contribution in [2.24, 2.45) is 0 Å². The summed E-state index contributed by atoms with van der Waals surface area (Å²) in [4.78, 5) is 24.2. The molecular formula is C19H18O6S. The van der Waals surface area contributed by atoms with Gasteiger partial charge in [0.1, 0.15) is 11.2 Å². The van der Waals surface area contributed by atoms with E-state index in [-0.39, 0.29) is 32.6 Å². The van der Waals surface area contributed by atoms with E-state index in [4.69, 9.17) is 9.52 Å². The summed E-state index contributed by atoms with van der Waals surface area (Å²) in [5.74, 6) is -1.16. The van der Waals surface area contributed by atoms with Gasteiger partial charge in [0.25, 0.3) is 0 Å². The van der Waals surface area contributed by atoms with Crippen LogP contribution in [0.3, 0.4) is 0 Å². The summed E-state index contributed by atoms with van der Waals surface area (Å²) in [5.41, 5.74) is 0.760. The summed E-state index contributed by atoms with van der Waals surface area (Å²) in [6.07, 6.45) is 0.962. The summed E-state index contributed by atoms with van der Waals surface area (Å²) in [6.45, 7) is 3.62. The van der Waals surface area contributed by atoms with E-state index >= 15 is 0 Å². The first-order valence-corrected chi connectivity index (χ1v) is 9.93. The Labute approximate surface area is 150 Å². The predicted octanol–water partition coefficient (Wildman–Crippen LogP) is 3.39. The van der Waals surface area contributed by atoms with Gasteiger partial charge in [0.05, 0.1) is 27.0 Å². The summed E-state index contributed by atoms with van der Waals surface area (Å²) < 4.78 is 30.7. The minimum atomic E-state index is -3.50. The van der Waals surface area contributed by atoms with E-state index in [1.54, 1.807) is 13.0 Å². The number of hydrogen-bond donors (Lipinski definition) is 1. The average molecular weight is 374 g/mol. The Morgan fingerprint density at radius 3 is 2.46 bits per heavy atom. The van der Waals surface area contributed by atoms with Gasteiger partial charge < -0.3 is 9.52 Å². The number of benzene rings is 2. The molecule has 6 nitrogen and oxygen atoms in total. The van der Waals surface area contributed by atoms with E-state index in [1.165, 1.54) is 24.3 Å². The zero-order valence-corrected chi connectivity index (χ0v) is 15.2. The topological polar surface area (TPSA) is 102 Å². The van der Waals surface area contributed by atoms with Crippen molar-refractivity contribution >= 4 is 37.7 Å². The van der Waals surface area contributed by atoms with Crippen LogP contribution < -0.4 is 5.43 Å². The number of carboxylic acids is 1. The molecule has 0 aliphatic carbocycles. The van der Waals surface area contributed by atoms with Crippen LogP contribution in [0, 0.1) is 0 Å². The Bertz CT molecular complexity index is 1190. The summed E-state index contributed by atoms with van der Waals surface area (Å²) in [6, 6.07) is 6.94. The predicted molar refractivity (Wildman–Crippen MR) is 98.7 cm³/mol. The number of carboxylic acid groups (broad SMARTS) is 1. The zero-order chi connectivity index (χ0) is 19.1. The van der Waals surface area contributed by atoms with Crippen LogP contribution in [0.15, 0.2) is 44.4 Å². The van der Waals surface area contributed by atoms with E-state index in [9.17, 15) is 18.0 Å². The molecule has 2 aromatic carbocycles. The maximum Gasteiger partial charge on any atom is 0.335 e. The maximum atomic E-state index is 12.9. The summed E-state index contributed by atoms with van der Waals surface area (Å²) in [5, 5.41) is 9.39. The molecule has 0 spiro atoms. The smallest absolute Gasteiger partial charge is 0.335 e. The molecule has 0 unspecified atom stereocenters. The average Bonchev–Trinajstić information content (AvgIpc) is 2.60. The Kier molecular flexibility index (Phi) is 4.58. The molecule has 0 fully saturated rings. The van der Waals surface area contributed by atoms with Crippen molar-refractivity contribution in [1.29, 1.82) is 0 Å². The van der Waals surface area contributed by atoms with E-state index in [2.05, 4.69) is 0 Å². The molecule has 1 heterocycles. The number of carbonyl (C=O) groups is 1. The number of aryl methyl sites for hydroxylation is 1. The van der Waals surface area contributed by atoms with Crippen LogP contribution in [0.1, 0.15) is 36.2 Å². The molecule has 0 amide bonds. The lowest BCUT2D eigenvalue weighted by Crippen LogP contribution is -2.10. The number of hydrogen-bond acceptors (Lipinski definition) is 5. The quantitative estimate of drug-likeness (QED) is 0.687. The Balaban J connectivity index is 2.42. The van der Waals surface area contributed by atoms with Crippen LogP contribution in [-0.4, -0.2) is 25.2 Å². The standard InChI is InChI=1S/C19H18O6S/c1-3-7-26(23,24)13-8-11(4-2)18-15(10-13)17(20)14-9-12(19(21)22)5-6-16(14)25-18/h5-6,8-10H,3-4,7H2,1-2H3,(H,21,22). The fourth-order valence-corrected chi connectivity index (χ4v) is 4.35. The normalized spacial score (nSPS) is 11.9. The lowest BCUT2D eigenvalue weighted by Gasteiger charge is -2.10. The highest BCUT2D eigenvalue weighted by Crippen LogP contribution is 2.27. The second-order valence-electron chi connectivity index (χ2n) is 6.08. The number of aromatic carboxylic acids is 1. The lowest BCUT2D eigenvalue weighted by atomic mass is 10.1. The van der Waals surface area contributed by atoms with Crippen molar-refractivity contribution in [3.63, 3.8) is 0 Å². The van der Waals surface area contributed by atoms with Crippen molar-refractivity contribution in [3.05, 3.63) is 51.7 Å². The van der Waals surface area contributed by atoms with Gasteiger partial charge in [-0.2, -0.15) is 0 Å². The highest BCUT2D eigenvalue weighted by Gasteiger charge is 2.19. The van der Waals surface area contributed by atoms with Gasteiger partial charge in [0, 0.05) is 0 Å². The largest absolute Gasteiger partial charge is 0.478 e. The van der Waals surface area contributed by atoms with Crippen LogP contribution in [-0.2, 0) is 16.3 Å². The molecule has 3 rings (SSSR count). The van der Waals surface area contributed by atoms with Crippen molar-refractivity contribution in [2.75, 3.05) is 5.75 Å². The van der Waals surface area contributed by atoms with Crippen molar-refractivity contribution in [2.45, 2.75) is 31.6 Å². The Morgan fingerprint density at radius 2 is 1.85 bits per heavy atom. The van der Waals surface area contributed by atoms with Crippen molar-refractivity contribution in [3.8, 4) is 0 Å². The number of sulfone groups is 1. The third-order valence-corrected chi connectivity index (χ3v) is 6.18. The maximum absolute atomic E-state index is 12.9. The van der Waals surface area contributed by atoms with Crippen LogP contribution >= 0.6 is 0 Å². The van der Waals surface area contributed by atoms with Gasteiger partial charge in [-0.3, -0.25) is 4.79 Å². The number of rotatable bonds is 5. The molecule has 0 bridgehead atoms. The fourth-order valence-electron chi connectivity index (χ4n) is 2.96. The minimum Gasteiger partial charge on any atom is -0.478 e. The highest BCUT2D eigenvalue weighted by molar-refractivity contribution is 7.91. The molecule has 136 valence electrons. The van der Waals surface area contributed by atoms with Crippen LogP contribution in [0.4, 0.5) is 0 Å². The molecule has 3 aromatic rings. The van der Waals surface area contributed by atoms with Gasteiger partial charge in [-0.05, 0) is 48.7 Å². The van der Waals surface area contributed by atoms with E-state index in [0.717, 1.165) is 0 Å². The van der Waals surface area contributed by atoms with Crippen molar-refractivity contribution in [1.82, 2.24) is 0 Å². The molecule has 7 heteroatoms. The molecule has 0 atom stereocenters. The molecule has 1 aromatic heterocycles. The Hall–Kier alpha value is -2.67. The molecule has 0 saturated carbocycles. The van der Waals surface area contributed by atoms with E-state index < -0.39 is 21.2 Å². The van der Waals surface area contributed by atoms with Gasteiger partial charge in [0.15, 0.2) is 9.84 Å². The van der Waals surface area contributed by atoms with Gasteiger partial charge in [0.2, 0.25) is 5.43 Å². The first kappa shape index (κ1) is 18.1. The second-order valence-corrected chi connectivity index (χ2v) is 8.19. The van der Waals surface area contributed by atoms with Crippen LogP contribution in [0.25, 0.3) is 21.9 Å². The van der Waals surface area contributed by atoms with Crippen molar-refractivity contribution < 1.29 is 22.7 Å². The molecule has 26 heavy (non-hydrogen) atoms. The van der Waals surface area contributed by atoms with E-state index in [0.29, 0.717) is 24.0 Å². The van der Waals surface area contributed by atoms with Gasteiger partial charge in [-0.25, -0.2) is 13.2 Å². The zero-order valence-electron chi connectivity index (χ0n) is 14.4. The fraction of sp³-hybridized carbons (Fsp3) is 0.263. The van der Waals surface area contributed by atoms with Gasteiger partial charge in [-0.1, -0.05) is 13.8 Å². The van der Waals surface area contributed by atoms with Gasteiger partial charge in [-0.15, -0.1) is 0 Å². The molecule has 0 radical (unpaired) electrons. The monoisotopic (exact) mass is 374 g/mol. The molecule has 0 saturated heterocycles. The third-order valence-electron chi connectivity index (χ3n) is 4.28. The SMILES string of the molecule is CCCS(=O)(=O)c1cc(CC)c2oc3ccc(C(=O)O)cc3c(=O)c2c1. The van der Waals surface area contributed by atoms with Crippen LogP contribution in [0.2, 0.25) is 0 Å². The first-order chi connectivity index (χ1) is 12.3. The summed E-state index contributed by atoms with van der Waals surface area (Å²) >= 11 is 0. The molecule has 0 aliphatic heterocycles. The Morgan fingerprint density at radius 1 is 1.12 bits per heavy atom. The third kappa shape index (κ3) is 2.99. The summed E-state index contributed by atoms with van der Waals surface area (Å²) in [7, 11) is -3.50. The van der Waals surface area contributed by atoms with E-state index in [1.807, 2.05) is 6.92 Å². The second kappa shape index (κ2) is 6.57. The molecule has 0 aliphatic rings. The lowest BCUT2D eigenvalue weighted by molar-refractivity contribution is 0.0697. The first-order valence-electron chi connectivity index (χ1n) is 8.28. The van der Waals surface area contributed by atoms with Crippen LogP contribution in [0.5, 0.6) is 0 Å². The molecular weight excluding hydrogens is 356 g/mol. The highest BCUT2D eigenvalue weighted by atomic mass is 32.2.